The zero-order valence-corrected chi connectivity index (χ0v) is 18.8. The van der Waals surface area contributed by atoms with Crippen molar-refractivity contribution in [3.63, 3.8) is 0 Å². The predicted octanol–water partition coefficient (Wildman–Crippen LogP) is 4.90. The molecule has 0 aliphatic carbocycles. The number of piperidine rings is 1. The first-order valence-corrected chi connectivity index (χ1v) is 11.6. The second-order valence-corrected chi connectivity index (χ2v) is 8.63. The summed E-state index contributed by atoms with van der Waals surface area (Å²) in [7, 11) is 0. The number of nitrogens with one attached hydrogen (secondary N) is 1. The van der Waals surface area contributed by atoms with E-state index in [9.17, 15) is 9.59 Å². The molecule has 0 bridgehead atoms. The molecule has 0 radical (unpaired) electrons. The van der Waals surface area contributed by atoms with Crippen molar-refractivity contribution in [3.05, 3.63) is 54.1 Å². The topological polar surface area (TPSA) is 75.4 Å². The van der Waals surface area contributed by atoms with Crippen LogP contribution in [0.25, 0.3) is 22.6 Å². The van der Waals surface area contributed by atoms with Gasteiger partial charge in [-0.2, -0.15) is 0 Å². The van der Waals surface area contributed by atoms with Gasteiger partial charge in [-0.3, -0.25) is 9.59 Å². The quantitative estimate of drug-likeness (QED) is 0.538. The third-order valence-corrected chi connectivity index (χ3v) is 6.43. The van der Waals surface area contributed by atoms with Crippen molar-refractivity contribution in [1.29, 1.82) is 0 Å². The van der Waals surface area contributed by atoms with Crippen molar-refractivity contribution in [1.82, 2.24) is 15.2 Å². The van der Waals surface area contributed by atoms with Gasteiger partial charge in [0.2, 0.25) is 11.8 Å². The maximum atomic E-state index is 13.1. The molecule has 4 rings (SSSR count). The van der Waals surface area contributed by atoms with Gasteiger partial charge in [-0.25, -0.2) is 4.98 Å². The Morgan fingerprint density at radius 3 is 2.62 bits per heavy atom. The van der Waals surface area contributed by atoms with Gasteiger partial charge in [0.05, 0.1) is 0 Å². The van der Waals surface area contributed by atoms with Gasteiger partial charge in [0.1, 0.15) is 5.52 Å². The molecular weight excluding hydrogens is 402 g/mol. The number of amides is 2. The van der Waals surface area contributed by atoms with Crippen LogP contribution in [-0.2, 0) is 4.79 Å². The third kappa shape index (κ3) is 4.85. The number of aromatic nitrogens is 1. The fourth-order valence-electron chi connectivity index (χ4n) is 4.31. The van der Waals surface area contributed by atoms with Gasteiger partial charge in [-0.05, 0) is 55.5 Å². The van der Waals surface area contributed by atoms with E-state index >= 15 is 0 Å². The molecule has 0 unspecified atom stereocenters. The van der Waals surface area contributed by atoms with Crippen molar-refractivity contribution in [2.24, 2.45) is 11.8 Å². The molecule has 2 amide bonds. The van der Waals surface area contributed by atoms with Crippen molar-refractivity contribution < 1.29 is 14.0 Å². The summed E-state index contributed by atoms with van der Waals surface area (Å²) in [6, 6.07) is 15.2. The van der Waals surface area contributed by atoms with E-state index in [2.05, 4.69) is 17.2 Å². The molecule has 2 heterocycles. The number of unbranched alkanes of at least 4 members (excludes halogenated alkanes) is 1. The Kier molecular flexibility index (Phi) is 6.88. The molecule has 1 aromatic heterocycles. The number of likely N-dealkylation sites (tertiary alicyclic amines) is 1. The Bertz CT molecular complexity index is 1070. The molecule has 6 nitrogen and oxygen atoms in total. The highest BCUT2D eigenvalue weighted by molar-refractivity contribution is 5.97. The van der Waals surface area contributed by atoms with Crippen molar-refractivity contribution >= 4 is 22.9 Å². The number of hydrogen-bond acceptors (Lipinski definition) is 4. The number of carbonyl (C=O) groups excluding carboxylic acids is 2. The highest BCUT2D eigenvalue weighted by atomic mass is 16.3. The van der Waals surface area contributed by atoms with Crippen LogP contribution in [0.3, 0.4) is 0 Å². The van der Waals surface area contributed by atoms with Crippen LogP contribution in [0, 0.1) is 11.8 Å². The average Bonchev–Trinajstić information content (AvgIpc) is 3.27. The molecule has 3 aromatic rings. The van der Waals surface area contributed by atoms with E-state index in [1.807, 2.05) is 54.3 Å². The van der Waals surface area contributed by atoms with Crippen LogP contribution in [-0.4, -0.2) is 41.3 Å². The molecule has 1 aliphatic heterocycles. The van der Waals surface area contributed by atoms with Gasteiger partial charge < -0.3 is 14.6 Å². The van der Waals surface area contributed by atoms with Gasteiger partial charge in [-0.15, -0.1) is 0 Å². The first-order chi connectivity index (χ1) is 15.6. The lowest BCUT2D eigenvalue weighted by molar-refractivity contribution is -0.126. The van der Waals surface area contributed by atoms with Gasteiger partial charge >= 0.3 is 0 Å². The molecule has 0 saturated carbocycles. The molecule has 168 valence electrons. The van der Waals surface area contributed by atoms with Crippen LogP contribution in [0.15, 0.2) is 52.9 Å². The minimum Gasteiger partial charge on any atom is -0.436 e. The molecule has 1 saturated heterocycles. The Hall–Kier alpha value is -3.15. The number of fused-ring (bicyclic) bond motifs is 1. The van der Waals surface area contributed by atoms with E-state index in [1.165, 1.54) is 0 Å². The first kappa shape index (κ1) is 22.1. The predicted molar refractivity (Wildman–Crippen MR) is 125 cm³/mol. The number of carbonyl (C=O) groups is 2. The summed E-state index contributed by atoms with van der Waals surface area (Å²) in [5, 5.41) is 3.04. The summed E-state index contributed by atoms with van der Waals surface area (Å²) in [6.07, 6.45) is 3.77. The molecule has 6 heteroatoms. The number of nitrogens with zero attached hydrogens (tertiary/aromatic N) is 2. The summed E-state index contributed by atoms with van der Waals surface area (Å²) in [4.78, 5) is 31.9. The van der Waals surface area contributed by atoms with E-state index in [0.717, 1.165) is 37.8 Å². The van der Waals surface area contributed by atoms with Crippen LogP contribution in [0.1, 0.15) is 49.9 Å². The molecule has 2 aromatic carbocycles. The van der Waals surface area contributed by atoms with E-state index in [0.29, 0.717) is 41.6 Å². The lowest BCUT2D eigenvalue weighted by atomic mass is 9.84. The zero-order chi connectivity index (χ0) is 22.5. The van der Waals surface area contributed by atoms with Gasteiger partial charge in [0, 0.05) is 36.7 Å². The SMILES string of the molecule is CCCCNC(=O)[C@@H](C)C1CCN(C(=O)c2ccc3oc(-c4ccccc4)nc3c2)CC1. The molecule has 1 atom stereocenters. The van der Waals surface area contributed by atoms with Gasteiger partial charge in [-0.1, -0.05) is 38.5 Å². The molecule has 1 N–H and O–H groups in total. The molecular formula is C26H31N3O3. The highest BCUT2D eigenvalue weighted by Gasteiger charge is 2.30. The van der Waals surface area contributed by atoms with Crippen LogP contribution in [0.4, 0.5) is 0 Å². The van der Waals surface area contributed by atoms with Crippen LogP contribution in [0.2, 0.25) is 0 Å². The molecule has 1 fully saturated rings. The van der Waals surface area contributed by atoms with Gasteiger partial charge in [0.25, 0.3) is 5.91 Å². The largest absolute Gasteiger partial charge is 0.436 e. The van der Waals surface area contributed by atoms with E-state index in [4.69, 9.17) is 4.42 Å². The number of benzene rings is 2. The first-order valence-electron chi connectivity index (χ1n) is 11.6. The molecule has 0 spiro atoms. The van der Waals surface area contributed by atoms with Crippen molar-refractivity contribution in [3.8, 4) is 11.5 Å². The van der Waals surface area contributed by atoms with E-state index in [-0.39, 0.29) is 17.7 Å². The fourth-order valence-corrected chi connectivity index (χ4v) is 4.31. The van der Waals surface area contributed by atoms with E-state index in [1.54, 1.807) is 6.07 Å². The lowest BCUT2D eigenvalue weighted by Crippen LogP contribution is -2.42. The molecule has 32 heavy (non-hydrogen) atoms. The second-order valence-electron chi connectivity index (χ2n) is 8.63. The summed E-state index contributed by atoms with van der Waals surface area (Å²) >= 11 is 0. The minimum absolute atomic E-state index is 0.00895. The normalized spacial score (nSPS) is 15.6. The van der Waals surface area contributed by atoms with E-state index < -0.39 is 0 Å². The second kappa shape index (κ2) is 9.98. The Morgan fingerprint density at radius 1 is 1.16 bits per heavy atom. The Balaban J connectivity index is 1.38. The average molecular weight is 434 g/mol. The summed E-state index contributed by atoms with van der Waals surface area (Å²) in [6.45, 7) is 6.20. The number of oxazole rings is 1. The molecule has 1 aliphatic rings. The summed E-state index contributed by atoms with van der Waals surface area (Å²) in [5.74, 6) is 0.986. The maximum Gasteiger partial charge on any atom is 0.253 e. The Labute approximate surface area is 189 Å². The van der Waals surface area contributed by atoms with Crippen LogP contribution < -0.4 is 5.32 Å². The standard InChI is InChI=1S/C26H31N3O3/c1-3-4-14-27-24(30)18(2)19-12-15-29(16-13-19)26(31)21-10-11-23-22(17-21)28-25(32-23)20-8-6-5-7-9-20/h5-11,17-19H,3-4,12-16H2,1-2H3,(H,27,30)/t18-/m0/s1. The van der Waals surface area contributed by atoms with Crippen molar-refractivity contribution in [2.45, 2.75) is 39.5 Å². The number of rotatable bonds is 7. The summed E-state index contributed by atoms with van der Waals surface area (Å²) in [5.41, 5.74) is 2.88. The van der Waals surface area contributed by atoms with Crippen molar-refractivity contribution in [2.75, 3.05) is 19.6 Å². The minimum atomic E-state index is -0.0213. The van der Waals surface area contributed by atoms with Gasteiger partial charge in [0.15, 0.2) is 5.58 Å². The Morgan fingerprint density at radius 2 is 1.91 bits per heavy atom. The van der Waals surface area contributed by atoms with Crippen LogP contribution >= 0.6 is 0 Å². The van der Waals surface area contributed by atoms with Crippen LogP contribution in [0.5, 0.6) is 0 Å². The number of hydrogen-bond donors (Lipinski definition) is 1. The monoisotopic (exact) mass is 433 g/mol. The fraction of sp³-hybridized carbons (Fsp3) is 0.423. The highest BCUT2D eigenvalue weighted by Crippen LogP contribution is 2.28. The zero-order valence-electron chi connectivity index (χ0n) is 18.8. The summed E-state index contributed by atoms with van der Waals surface area (Å²) < 4.78 is 5.86. The third-order valence-electron chi connectivity index (χ3n) is 6.43. The maximum absolute atomic E-state index is 13.1. The smallest absolute Gasteiger partial charge is 0.253 e. The lowest BCUT2D eigenvalue weighted by Gasteiger charge is -2.34.